The van der Waals surface area contributed by atoms with E-state index in [1.807, 2.05) is 0 Å². The summed E-state index contributed by atoms with van der Waals surface area (Å²) in [5, 5.41) is 14.1. The molecule has 0 saturated carbocycles. The van der Waals surface area contributed by atoms with Gasteiger partial charge < -0.3 is 15.2 Å². The van der Waals surface area contributed by atoms with Gasteiger partial charge in [0.15, 0.2) is 11.7 Å². The lowest BCUT2D eigenvalue weighted by atomic mass is 10.3. The second-order valence-corrected chi connectivity index (χ2v) is 3.72. The molecule has 112 valence electrons. The zero-order valence-corrected chi connectivity index (χ0v) is 10.3. The van der Waals surface area contributed by atoms with E-state index >= 15 is 0 Å². The molecule has 1 amide bonds. The van der Waals surface area contributed by atoms with E-state index in [0.717, 1.165) is 24.1 Å². The first kappa shape index (κ1) is 16.0. The number of carbonyl (C=O) groups excluding carboxylic acids is 2. The van der Waals surface area contributed by atoms with E-state index < -0.39 is 42.9 Å². The Morgan fingerprint density at radius 3 is 2.65 bits per heavy atom. The quantitative estimate of drug-likeness (QED) is 0.718. The normalized spacial score (nSPS) is 12.8. The van der Waals surface area contributed by atoms with Crippen molar-refractivity contribution in [3.8, 4) is 0 Å². The van der Waals surface area contributed by atoms with Gasteiger partial charge in [-0.15, -0.1) is 0 Å². The van der Waals surface area contributed by atoms with Crippen molar-refractivity contribution in [1.82, 2.24) is 15.1 Å². The first-order chi connectivity index (χ1) is 9.27. The second-order valence-electron chi connectivity index (χ2n) is 3.72. The number of rotatable bonds is 5. The van der Waals surface area contributed by atoms with Crippen molar-refractivity contribution in [2.45, 2.75) is 18.8 Å². The highest BCUT2D eigenvalue weighted by atomic mass is 19.4. The highest BCUT2D eigenvalue weighted by molar-refractivity contribution is 5.84. The van der Waals surface area contributed by atoms with E-state index in [1.54, 1.807) is 0 Å². The molecule has 1 unspecified atom stereocenters. The van der Waals surface area contributed by atoms with Crippen molar-refractivity contribution >= 4 is 11.9 Å². The Bertz CT molecular complexity index is 486. The lowest BCUT2D eigenvalue weighted by Crippen LogP contribution is -2.45. The van der Waals surface area contributed by atoms with Crippen LogP contribution in [-0.2, 0) is 27.0 Å². The Hall–Kier alpha value is -2.10. The Balaban J connectivity index is 2.62. The molecule has 1 aromatic heterocycles. The largest absolute Gasteiger partial charge is 0.467 e. The molecule has 10 heteroatoms. The van der Waals surface area contributed by atoms with E-state index in [2.05, 4.69) is 15.2 Å². The lowest BCUT2D eigenvalue weighted by Gasteiger charge is -2.13. The number of nitrogens with one attached hydrogen (secondary N) is 1. The maximum absolute atomic E-state index is 12.3. The van der Waals surface area contributed by atoms with Gasteiger partial charge in [-0.2, -0.15) is 18.3 Å². The van der Waals surface area contributed by atoms with Crippen LogP contribution in [0.1, 0.15) is 5.69 Å². The third-order valence-corrected chi connectivity index (χ3v) is 2.24. The minimum Gasteiger partial charge on any atom is -0.467 e. The highest BCUT2D eigenvalue weighted by Gasteiger charge is 2.33. The van der Waals surface area contributed by atoms with Crippen LogP contribution in [-0.4, -0.2) is 46.5 Å². The molecule has 7 nitrogen and oxygen atoms in total. The van der Waals surface area contributed by atoms with Crippen molar-refractivity contribution in [2.75, 3.05) is 13.7 Å². The number of carbonyl (C=O) groups is 2. The van der Waals surface area contributed by atoms with Gasteiger partial charge in [0.05, 0.1) is 13.7 Å². The summed E-state index contributed by atoms with van der Waals surface area (Å²) in [7, 11) is 1.07. The number of hydrogen-bond donors (Lipinski definition) is 2. The smallest absolute Gasteiger partial charge is 0.435 e. The Morgan fingerprint density at radius 2 is 2.20 bits per heavy atom. The van der Waals surface area contributed by atoms with Gasteiger partial charge in [-0.3, -0.25) is 9.48 Å². The van der Waals surface area contributed by atoms with E-state index in [0.29, 0.717) is 0 Å². The predicted octanol–water partition coefficient (Wildman–Crippen LogP) is -0.448. The molecule has 0 bridgehead atoms. The number of methoxy groups -OCH3 is 1. The molecule has 1 atom stereocenters. The minimum absolute atomic E-state index is 0.524. The average molecular weight is 295 g/mol. The van der Waals surface area contributed by atoms with Crippen molar-refractivity contribution in [3.05, 3.63) is 18.0 Å². The summed E-state index contributed by atoms with van der Waals surface area (Å²) in [4.78, 5) is 22.6. The van der Waals surface area contributed by atoms with Gasteiger partial charge in [0, 0.05) is 6.20 Å². The molecule has 0 aliphatic carbocycles. The van der Waals surface area contributed by atoms with Crippen molar-refractivity contribution in [3.63, 3.8) is 0 Å². The number of ether oxygens (including phenoxy) is 1. The van der Waals surface area contributed by atoms with Gasteiger partial charge in [-0.1, -0.05) is 0 Å². The molecule has 1 heterocycles. The van der Waals surface area contributed by atoms with Crippen molar-refractivity contribution in [2.24, 2.45) is 0 Å². The molecule has 0 aliphatic rings. The molecule has 0 spiro atoms. The maximum Gasteiger partial charge on any atom is 0.435 e. The fourth-order valence-electron chi connectivity index (χ4n) is 1.31. The van der Waals surface area contributed by atoms with Crippen LogP contribution in [0.4, 0.5) is 13.2 Å². The van der Waals surface area contributed by atoms with Gasteiger partial charge in [0.2, 0.25) is 5.91 Å². The molecule has 2 N–H and O–H groups in total. The summed E-state index contributed by atoms with van der Waals surface area (Å²) in [6.45, 7) is -1.21. The van der Waals surface area contributed by atoms with E-state index in [4.69, 9.17) is 5.11 Å². The van der Waals surface area contributed by atoms with Crippen LogP contribution in [0.5, 0.6) is 0 Å². The Kier molecular flexibility index (Phi) is 5.08. The maximum atomic E-state index is 12.3. The highest BCUT2D eigenvalue weighted by Crippen LogP contribution is 2.27. The fraction of sp³-hybridized carbons (Fsp3) is 0.500. The van der Waals surface area contributed by atoms with Gasteiger partial charge in [0.25, 0.3) is 0 Å². The lowest BCUT2D eigenvalue weighted by molar-refractivity contribution is -0.146. The zero-order chi connectivity index (χ0) is 15.3. The first-order valence-electron chi connectivity index (χ1n) is 5.36. The average Bonchev–Trinajstić information content (AvgIpc) is 2.83. The molecule has 1 aromatic rings. The number of esters is 1. The van der Waals surface area contributed by atoms with Gasteiger partial charge in [-0.25, -0.2) is 4.79 Å². The van der Waals surface area contributed by atoms with E-state index in [9.17, 15) is 22.8 Å². The zero-order valence-electron chi connectivity index (χ0n) is 10.3. The molecule has 0 aliphatic heterocycles. The van der Waals surface area contributed by atoms with Crippen LogP contribution in [0.15, 0.2) is 12.3 Å². The standard InChI is InChI=1S/C10H12F3N3O4/c1-20-9(19)6(5-17)14-8(18)4-16-3-2-7(15-16)10(11,12)13/h2-3,6,17H,4-5H2,1H3,(H,14,18). The summed E-state index contributed by atoms with van der Waals surface area (Å²) in [5.41, 5.74) is -1.13. The number of halogens is 3. The third kappa shape index (κ3) is 4.23. The second kappa shape index (κ2) is 6.37. The summed E-state index contributed by atoms with van der Waals surface area (Å²) < 4.78 is 41.9. The molecular weight excluding hydrogens is 283 g/mol. The summed E-state index contributed by atoms with van der Waals surface area (Å²) in [6.07, 6.45) is -3.62. The van der Waals surface area contributed by atoms with Crippen LogP contribution in [0.3, 0.4) is 0 Å². The number of hydrogen-bond acceptors (Lipinski definition) is 5. The van der Waals surface area contributed by atoms with Crippen LogP contribution in [0, 0.1) is 0 Å². The fourth-order valence-corrected chi connectivity index (χ4v) is 1.31. The third-order valence-electron chi connectivity index (χ3n) is 2.24. The number of nitrogens with zero attached hydrogens (tertiary/aromatic N) is 2. The Labute approximate surface area is 111 Å². The molecule has 0 radical (unpaired) electrons. The molecular formula is C10H12F3N3O4. The number of alkyl halides is 3. The molecule has 0 saturated heterocycles. The van der Waals surface area contributed by atoms with Gasteiger partial charge in [-0.05, 0) is 6.07 Å². The SMILES string of the molecule is COC(=O)C(CO)NC(=O)Cn1ccc(C(F)(F)F)n1. The van der Waals surface area contributed by atoms with Crippen LogP contribution in [0.2, 0.25) is 0 Å². The van der Waals surface area contributed by atoms with E-state index in [1.165, 1.54) is 0 Å². The molecule has 0 aromatic carbocycles. The number of amides is 1. The van der Waals surface area contributed by atoms with Crippen molar-refractivity contribution < 1.29 is 32.6 Å². The minimum atomic E-state index is -4.60. The van der Waals surface area contributed by atoms with Crippen molar-refractivity contribution in [1.29, 1.82) is 0 Å². The number of aromatic nitrogens is 2. The molecule has 0 fully saturated rings. The topological polar surface area (TPSA) is 93.5 Å². The van der Waals surface area contributed by atoms with Crippen LogP contribution >= 0.6 is 0 Å². The monoisotopic (exact) mass is 295 g/mol. The Morgan fingerprint density at radius 1 is 1.55 bits per heavy atom. The summed E-state index contributed by atoms with van der Waals surface area (Å²) in [6, 6.07) is -0.554. The number of aliphatic hydroxyl groups excluding tert-OH is 1. The predicted molar refractivity (Wildman–Crippen MR) is 58.3 cm³/mol. The summed E-state index contributed by atoms with van der Waals surface area (Å²) >= 11 is 0. The van der Waals surface area contributed by atoms with E-state index in [-0.39, 0.29) is 0 Å². The molecule has 1 rings (SSSR count). The van der Waals surface area contributed by atoms with Crippen LogP contribution < -0.4 is 5.32 Å². The first-order valence-corrected chi connectivity index (χ1v) is 5.36. The van der Waals surface area contributed by atoms with Gasteiger partial charge in [0.1, 0.15) is 6.54 Å². The summed E-state index contributed by atoms with van der Waals surface area (Å²) in [5.74, 6) is -1.65. The number of aliphatic hydroxyl groups is 1. The molecule has 20 heavy (non-hydrogen) atoms. The van der Waals surface area contributed by atoms with Crippen LogP contribution in [0.25, 0.3) is 0 Å². The van der Waals surface area contributed by atoms with Gasteiger partial charge >= 0.3 is 12.1 Å².